The summed E-state index contributed by atoms with van der Waals surface area (Å²) in [6.45, 7) is 2.39. The molecule has 0 aromatic heterocycles. The van der Waals surface area contributed by atoms with Crippen LogP contribution < -0.4 is 14.4 Å². The molecule has 166 valence electrons. The number of sulfonamides is 1. The van der Waals surface area contributed by atoms with Crippen molar-refractivity contribution in [2.24, 2.45) is 0 Å². The number of benzene rings is 2. The van der Waals surface area contributed by atoms with E-state index in [2.05, 4.69) is 0 Å². The molecule has 4 rings (SSSR count). The molecule has 1 saturated heterocycles. The summed E-state index contributed by atoms with van der Waals surface area (Å²) in [6.07, 6.45) is 0. The summed E-state index contributed by atoms with van der Waals surface area (Å²) in [6, 6.07) is 9.53. The predicted octanol–water partition coefficient (Wildman–Crippen LogP) is 2.02. The van der Waals surface area contributed by atoms with Crippen LogP contribution in [0.2, 0.25) is 0 Å². The average molecular weight is 449 g/mol. The lowest BCUT2D eigenvalue weighted by atomic mass is 10.1. The van der Waals surface area contributed by atoms with Crippen molar-refractivity contribution in [1.82, 2.24) is 4.31 Å². The Balaban J connectivity index is 1.60. The fourth-order valence-electron chi connectivity index (χ4n) is 3.61. The van der Waals surface area contributed by atoms with E-state index in [-0.39, 0.29) is 23.7 Å². The van der Waals surface area contributed by atoms with Gasteiger partial charge in [-0.15, -0.1) is 0 Å². The normalized spacial score (nSPS) is 16.7. The number of hydrogen-bond acceptors (Lipinski definition) is 8. The van der Waals surface area contributed by atoms with E-state index in [0.29, 0.717) is 50.2 Å². The van der Waals surface area contributed by atoms with Crippen molar-refractivity contribution in [3.8, 4) is 11.5 Å². The highest BCUT2D eigenvalue weighted by Crippen LogP contribution is 2.34. The Morgan fingerprint density at radius 1 is 1.03 bits per heavy atom. The Morgan fingerprint density at radius 3 is 2.45 bits per heavy atom. The minimum Gasteiger partial charge on any atom is -0.486 e. The second kappa shape index (κ2) is 8.69. The van der Waals surface area contributed by atoms with E-state index in [1.807, 2.05) is 18.2 Å². The molecule has 0 atom stereocenters. The summed E-state index contributed by atoms with van der Waals surface area (Å²) in [5.41, 5.74) is 0.932. The Morgan fingerprint density at radius 2 is 1.74 bits per heavy atom. The Bertz CT molecular complexity index is 1080. The Hall–Kier alpha value is -2.89. The van der Waals surface area contributed by atoms with E-state index in [1.165, 1.54) is 16.4 Å². The number of hydrogen-bond donors (Lipinski definition) is 0. The van der Waals surface area contributed by atoms with Crippen LogP contribution in [0.1, 0.15) is 5.56 Å². The SMILES string of the molecule is CN(Cc1ccc2c(c1)OCCO2)c1ccc(S(=O)(=O)N2CCOCC2)cc1[N+](=O)[O-]. The molecule has 31 heavy (non-hydrogen) atoms. The third kappa shape index (κ3) is 4.43. The van der Waals surface area contributed by atoms with Crippen LogP contribution in [0.3, 0.4) is 0 Å². The van der Waals surface area contributed by atoms with Crippen LogP contribution in [0, 0.1) is 10.1 Å². The molecule has 2 aromatic rings. The Kier molecular flexibility index (Phi) is 5.99. The van der Waals surface area contributed by atoms with Gasteiger partial charge >= 0.3 is 0 Å². The summed E-state index contributed by atoms with van der Waals surface area (Å²) in [7, 11) is -2.11. The van der Waals surface area contributed by atoms with Gasteiger partial charge in [-0.25, -0.2) is 8.42 Å². The quantitative estimate of drug-likeness (QED) is 0.486. The van der Waals surface area contributed by atoms with Crippen LogP contribution in [0.25, 0.3) is 0 Å². The van der Waals surface area contributed by atoms with Gasteiger partial charge in [0.1, 0.15) is 18.9 Å². The van der Waals surface area contributed by atoms with Gasteiger partial charge in [-0.1, -0.05) is 6.07 Å². The molecule has 0 saturated carbocycles. The van der Waals surface area contributed by atoms with E-state index in [1.54, 1.807) is 11.9 Å². The van der Waals surface area contributed by atoms with Gasteiger partial charge in [0.2, 0.25) is 10.0 Å². The number of ether oxygens (including phenoxy) is 3. The topological polar surface area (TPSA) is 111 Å². The number of nitrogens with zero attached hydrogens (tertiary/aromatic N) is 3. The second-order valence-corrected chi connectivity index (χ2v) is 9.20. The van der Waals surface area contributed by atoms with Crippen molar-refractivity contribution in [3.63, 3.8) is 0 Å². The van der Waals surface area contributed by atoms with Gasteiger partial charge in [0.15, 0.2) is 11.5 Å². The van der Waals surface area contributed by atoms with Crippen LogP contribution in [-0.2, 0) is 21.3 Å². The number of nitro groups is 1. The van der Waals surface area contributed by atoms with Gasteiger partial charge in [-0.3, -0.25) is 10.1 Å². The van der Waals surface area contributed by atoms with E-state index in [0.717, 1.165) is 11.6 Å². The lowest BCUT2D eigenvalue weighted by molar-refractivity contribution is -0.384. The zero-order valence-corrected chi connectivity index (χ0v) is 17.8. The number of nitro benzene ring substituents is 1. The summed E-state index contributed by atoms with van der Waals surface area (Å²) >= 11 is 0. The zero-order chi connectivity index (χ0) is 22.0. The lowest BCUT2D eigenvalue weighted by Crippen LogP contribution is -2.40. The van der Waals surface area contributed by atoms with Crippen molar-refractivity contribution in [2.75, 3.05) is 51.5 Å². The molecule has 1 fully saturated rings. The third-order valence-corrected chi connectivity index (χ3v) is 7.08. The monoisotopic (exact) mass is 449 g/mol. The highest BCUT2D eigenvalue weighted by atomic mass is 32.2. The lowest BCUT2D eigenvalue weighted by Gasteiger charge is -2.26. The molecule has 0 radical (unpaired) electrons. The molecule has 2 heterocycles. The molecule has 0 bridgehead atoms. The van der Waals surface area contributed by atoms with E-state index < -0.39 is 14.9 Å². The second-order valence-electron chi connectivity index (χ2n) is 7.26. The van der Waals surface area contributed by atoms with Crippen LogP contribution in [0.5, 0.6) is 11.5 Å². The molecule has 0 spiro atoms. The predicted molar refractivity (Wildman–Crippen MR) is 112 cm³/mol. The minimum atomic E-state index is -3.83. The van der Waals surface area contributed by atoms with Crippen molar-refractivity contribution < 1.29 is 27.6 Å². The largest absolute Gasteiger partial charge is 0.486 e. The zero-order valence-electron chi connectivity index (χ0n) is 17.0. The van der Waals surface area contributed by atoms with E-state index in [4.69, 9.17) is 14.2 Å². The molecule has 0 aliphatic carbocycles. The molecule has 2 aliphatic heterocycles. The van der Waals surface area contributed by atoms with Crippen molar-refractivity contribution in [2.45, 2.75) is 11.4 Å². The first kappa shape index (κ1) is 21.3. The number of morpholine rings is 1. The first-order valence-electron chi connectivity index (χ1n) is 9.82. The smallest absolute Gasteiger partial charge is 0.293 e. The highest BCUT2D eigenvalue weighted by molar-refractivity contribution is 7.89. The van der Waals surface area contributed by atoms with Crippen LogP contribution in [0.15, 0.2) is 41.3 Å². The van der Waals surface area contributed by atoms with Crippen LogP contribution >= 0.6 is 0 Å². The number of rotatable bonds is 6. The third-order valence-electron chi connectivity index (χ3n) is 5.19. The average Bonchev–Trinajstić information content (AvgIpc) is 2.79. The summed E-state index contributed by atoms with van der Waals surface area (Å²) in [4.78, 5) is 12.8. The number of fused-ring (bicyclic) bond motifs is 1. The maximum atomic E-state index is 12.9. The van der Waals surface area contributed by atoms with Gasteiger partial charge < -0.3 is 19.1 Å². The molecular formula is C20H23N3O7S. The van der Waals surface area contributed by atoms with Crippen molar-refractivity contribution in [1.29, 1.82) is 0 Å². The van der Waals surface area contributed by atoms with Crippen LogP contribution in [-0.4, -0.2) is 64.2 Å². The first-order valence-corrected chi connectivity index (χ1v) is 11.3. The maximum absolute atomic E-state index is 12.9. The number of anilines is 1. The molecule has 2 aliphatic rings. The van der Waals surface area contributed by atoms with Gasteiger partial charge in [0, 0.05) is 32.7 Å². The summed E-state index contributed by atoms with van der Waals surface area (Å²) < 4.78 is 43.3. The Labute approximate surface area is 180 Å². The summed E-state index contributed by atoms with van der Waals surface area (Å²) in [5.74, 6) is 1.31. The van der Waals surface area contributed by atoms with Gasteiger partial charge in [-0.2, -0.15) is 4.31 Å². The molecule has 0 N–H and O–H groups in total. The highest BCUT2D eigenvalue weighted by Gasteiger charge is 2.29. The summed E-state index contributed by atoms with van der Waals surface area (Å²) in [5, 5.41) is 11.7. The van der Waals surface area contributed by atoms with Crippen molar-refractivity contribution >= 4 is 21.4 Å². The van der Waals surface area contributed by atoms with Gasteiger partial charge in [0.25, 0.3) is 5.69 Å². The molecule has 2 aromatic carbocycles. The van der Waals surface area contributed by atoms with Gasteiger partial charge in [-0.05, 0) is 29.8 Å². The fourth-order valence-corrected chi connectivity index (χ4v) is 5.04. The molecule has 10 nitrogen and oxygen atoms in total. The fraction of sp³-hybridized carbons (Fsp3) is 0.400. The minimum absolute atomic E-state index is 0.0995. The van der Waals surface area contributed by atoms with Gasteiger partial charge in [0.05, 0.1) is 23.0 Å². The first-order chi connectivity index (χ1) is 14.9. The molecule has 11 heteroatoms. The van der Waals surface area contributed by atoms with E-state index in [9.17, 15) is 18.5 Å². The van der Waals surface area contributed by atoms with Crippen LogP contribution in [0.4, 0.5) is 11.4 Å². The van der Waals surface area contributed by atoms with E-state index >= 15 is 0 Å². The maximum Gasteiger partial charge on any atom is 0.293 e. The standard InChI is InChI=1S/C20H23N3O7S/c1-21(14-15-2-5-19-20(12-15)30-11-10-29-19)17-4-3-16(13-18(17)23(24)25)31(26,27)22-6-8-28-9-7-22/h2-5,12-13H,6-11,14H2,1H3. The van der Waals surface area contributed by atoms with Crippen molar-refractivity contribution in [3.05, 3.63) is 52.1 Å². The molecular weight excluding hydrogens is 426 g/mol. The molecule has 0 unspecified atom stereocenters. The molecule has 0 amide bonds.